The molecule has 1 saturated heterocycles. The topological polar surface area (TPSA) is 46.5 Å². The second kappa shape index (κ2) is 3.42. The van der Waals surface area contributed by atoms with E-state index >= 15 is 0 Å². The monoisotopic (exact) mass is 259 g/mol. The van der Waals surface area contributed by atoms with Gasteiger partial charge in [-0.15, -0.1) is 0 Å². The number of nitrogens with zero attached hydrogens (tertiary/aromatic N) is 2. The first-order valence-corrected chi connectivity index (χ1v) is 6.68. The highest BCUT2D eigenvalue weighted by atomic mass is 16.5. The molecule has 5 heteroatoms. The zero-order valence-electron chi connectivity index (χ0n) is 11.0. The standard InChI is InChI=1S/C14H17N3O2/c1-9-11(18)3-6-16-13(9)10(2)17-12(15-16)7-19-8-14(17)4-5-14/h3,6,12,15H,2,4-5,7-8H2,1H3/t12-/m0/s1. The van der Waals surface area contributed by atoms with Gasteiger partial charge in [0.05, 0.1) is 30.1 Å². The molecule has 1 N–H and O–H groups in total. The van der Waals surface area contributed by atoms with E-state index in [2.05, 4.69) is 16.9 Å². The van der Waals surface area contributed by atoms with Gasteiger partial charge >= 0.3 is 0 Å². The average molecular weight is 259 g/mol. The van der Waals surface area contributed by atoms with E-state index in [0.29, 0.717) is 6.61 Å². The van der Waals surface area contributed by atoms with Gasteiger partial charge in [-0.05, 0) is 19.8 Å². The summed E-state index contributed by atoms with van der Waals surface area (Å²) in [6, 6.07) is 1.59. The minimum Gasteiger partial charge on any atom is -0.375 e. The molecule has 5 nitrogen and oxygen atoms in total. The van der Waals surface area contributed by atoms with Crippen LogP contribution in [-0.2, 0) is 4.74 Å². The summed E-state index contributed by atoms with van der Waals surface area (Å²) >= 11 is 0. The molecule has 2 aliphatic heterocycles. The zero-order valence-corrected chi connectivity index (χ0v) is 11.0. The lowest BCUT2D eigenvalue weighted by Gasteiger charge is -2.49. The van der Waals surface area contributed by atoms with Crippen LogP contribution in [0.4, 0.5) is 0 Å². The fourth-order valence-electron chi connectivity index (χ4n) is 3.31. The smallest absolute Gasteiger partial charge is 0.185 e. The van der Waals surface area contributed by atoms with Crippen molar-refractivity contribution in [1.82, 2.24) is 9.58 Å². The Morgan fingerprint density at radius 2 is 2.32 bits per heavy atom. The van der Waals surface area contributed by atoms with Crippen LogP contribution in [0.15, 0.2) is 23.6 Å². The first-order valence-electron chi connectivity index (χ1n) is 6.68. The van der Waals surface area contributed by atoms with E-state index in [1.165, 1.54) is 0 Å². The molecule has 0 unspecified atom stereocenters. The van der Waals surface area contributed by atoms with Crippen molar-refractivity contribution < 1.29 is 4.74 Å². The van der Waals surface area contributed by atoms with E-state index in [-0.39, 0.29) is 17.1 Å². The lowest BCUT2D eigenvalue weighted by molar-refractivity contribution is -0.0286. The third-order valence-corrected chi connectivity index (χ3v) is 4.49. The summed E-state index contributed by atoms with van der Waals surface area (Å²) in [6.07, 6.45) is 4.17. The summed E-state index contributed by atoms with van der Waals surface area (Å²) in [4.78, 5) is 14.2. The summed E-state index contributed by atoms with van der Waals surface area (Å²) in [5.41, 5.74) is 6.17. The molecule has 100 valence electrons. The van der Waals surface area contributed by atoms with E-state index in [1.54, 1.807) is 12.3 Å². The van der Waals surface area contributed by atoms with Crippen molar-refractivity contribution in [3.05, 3.63) is 40.3 Å². The Balaban J connectivity index is 1.88. The first kappa shape index (κ1) is 11.1. The number of rotatable bonds is 0. The number of morpholine rings is 1. The first-order chi connectivity index (χ1) is 9.12. The number of hydrogen-bond donors (Lipinski definition) is 1. The molecule has 3 aliphatic rings. The summed E-state index contributed by atoms with van der Waals surface area (Å²) in [5.74, 6) is 0. The fraction of sp³-hybridized carbons (Fsp3) is 0.500. The molecule has 1 spiro atoms. The van der Waals surface area contributed by atoms with Gasteiger partial charge in [-0.3, -0.25) is 9.47 Å². The third kappa shape index (κ3) is 1.36. The van der Waals surface area contributed by atoms with Crippen molar-refractivity contribution >= 4 is 5.70 Å². The minimum absolute atomic E-state index is 0.0609. The lowest BCUT2D eigenvalue weighted by atomic mass is 10.1. The molecule has 2 fully saturated rings. The number of hydrogen-bond acceptors (Lipinski definition) is 4. The van der Waals surface area contributed by atoms with Crippen LogP contribution in [0.25, 0.3) is 5.70 Å². The fourth-order valence-corrected chi connectivity index (χ4v) is 3.31. The second-order valence-corrected chi connectivity index (χ2v) is 5.72. The maximum absolute atomic E-state index is 11.8. The van der Waals surface area contributed by atoms with Crippen LogP contribution in [-0.4, -0.2) is 34.5 Å². The highest BCUT2D eigenvalue weighted by Crippen LogP contribution is 2.49. The Bertz CT molecular complexity index is 630. The van der Waals surface area contributed by atoms with Gasteiger partial charge in [0.2, 0.25) is 0 Å². The molecule has 0 amide bonds. The molecule has 0 aromatic carbocycles. The maximum atomic E-state index is 11.8. The second-order valence-electron chi connectivity index (χ2n) is 5.72. The number of ether oxygens (including phenoxy) is 1. The Kier molecular flexibility index (Phi) is 2.00. The SMILES string of the molecule is C=C1c2c(C)c(=O)ccn2N[C@@H]2COCC3(CC3)N12. The van der Waals surface area contributed by atoms with E-state index < -0.39 is 0 Å². The summed E-state index contributed by atoms with van der Waals surface area (Å²) < 4.78 is 7.62. The predicted molar refractivity (Wildman–Crippen MR) is 72.2 cm³/mol. The molecule has 3 heterocycles. The van der Waals surface area contributed by atoms with Crippen molar-refractivity contribution in [2.45, 2.75) is 31.5 Å². The molecule has 1 saturated carbocycles. The number of aromatic nitrogens is 1. The Morgan fingerprint density at radius 1 is 1.53 bits per heavy atom. The largest absolute Gasteiger partial charge is 0.375 e. The molecule has 1 aliphatic carbocycles. The van der Waals surface area contributed by atoms with Gasteiger partial charge < -0.3 is 15.1 Å². The minimum atomic E-state index is 0.0609. The van der Waals surface area contributed by atoms with Gasteiger partial charge in [-0.1, -0.05) is 6.58 Å². The highest BCUT2D eigenvalue weighted by Gasteiger charge is 2.55. The molecule has 1 aromatic rings. The summed E-state index contributed by atoms with van der Waals surface area (Å²) in [5, 5.41) is 0. The molecule has 19 heavy (non-hydrogen) atoms. The summed E-state index contributed by atoms with van der Waals surface area (Å²) in [6.45, 7) is 7.52. The number of pyridine rings is 1. The van der Waals surface area contributed by atoms with Crippen LogP contribution >= 0.6 is 0 Å². The van der Waals surface area contributed by atoms with E-state index in [0.717, 1.165) is 36.4 Å². The van der Waals surface area contributed by atoms with Crippen LogP contribution in [0.2, 0.25) is 0 Å². The third-order valence-electron chi connectivity index (χ3n) is 4.49. The van der Waals surface area contributed by atoms with Crippen molar-refractivity contribution in [3.8, 4) is 0 Å². The van der Waals surface area contributed by atoms with Crippen molar-refractivity contribution in [3.63, 3.8) is 0 Å². The molecular weight excluding hydrogens is 242 g/mol. The molecular formula is C14H17N3O2. The van der Waals surface area contributed by atoms with Crippen molar-refractivity contribution in [2.75, 3.05) is 18.6 Å². The molecule has 1 aromatic heterocycles. The Morgan fingerprint density at radius 3 is 3.05 bits per heavy atom. The van der Waals surface area contributed by atoms with E-state index in [1.807, 2.05) is 11.6 Å². The van der Waals surface area contributed by atoms with Crippen molar-refractivity contribution in [2.24, 2.45) is 0 Å². The van der Waals surface area contributed by atoms with Gasteiger partial charge in [0.15, 0.2) is 5.43 Å². The summed E-state index contributed by atoms with van der Waals surface area (Å²) in [7, 11) is 0. The van der Waals surface area contributed by atoms with Crippen LogP contribution in [0.3, 0.4) is 0 Å². The van der Waals surface area contributed by atoms with Crippen LogP contribution in [0.1, 0.15) is 24.1 Å². The van der Waals surface area contributed by atoms with Crippen molar-refractivity contribution in [1.29, 1.82) is 0 Å². The van der Waals surface area contributed by atoms with Crippen LogP contribution < -0.4 is 10.9 Å². The molecule has 1 atom stereocenters. The van der Waals surface area contributed by atoms with Gasteiger partial charge in [0.25, 0.3) is 0 Å². The maximum Gasteiger partial charge on any atom is 0.185 e. The Labute approximate surface area is 111 Å². The van der Waals surface area contributed by atoms with Crippen LogP contribution in [0.5, 0.6) is 0 Å². The Hall–Kier alpha value is -1.75. The van der Waals surface area contributed by atoms with Gasteiger partial charge in [0.1, 0.15) is 6.17 Å². The van der Waals surface area contributed by atoms with E-state index in [9.17, 15) is 4.79 Å². The van der Waals surface area contributed by atoms with Crippen LogP contribution in [0, 0.1) is 6.92 Å². The van der Waals surface area contributed by atoms with E-state index in [4.69, 9.17) is 4.74 Å². The zero-order chi connectivity index (χ0) is 13.2. The van der Waals surface area contributed by atoms with Gasteiger partial charge in [-0.25, -0.2) is 0 Å². The predicted octanol–water partition coefficient (Wildman–Crippen LogP) is 0.875. The van der Waals surface area contributed by atoms with Gasteiger partial charge in [0, 0.05) is 17.8 Å². The number of fused-ring (bicyclic) bond motifs is 3. The molecule has 0 bridgehead atoms. The molecule has 4 rings (SSSR count). The average Bonchev–Trinajstić information content (AvgIpc) is 3.14. The normalized spacial score (nSPS) is 26.7. The number of nitrogens with one attached hydrogen (secondary N) is 1. The lowest BCUT2D eigenvalue weighted by Crippen LogP contribution is -2.60. The quantitative estimate of drug-likeness (QED) is 0.751. The van der Waals surface area contributed by atoms with Gasteiger partial charge in [-0.2, -0.15) is 0 Å². The highest BCUT2D eigenvalue weighted by molar-refractivity contribution is 5.65. The molecule has 0 radical (unpaired) electrons.